The van der Waals surface area contributed by atoms with Crippen molar-refractivity contribution in [2.75, 3.05) is 26.3 Å². The summed E-state index contributed by atoms with van der Waals surface area (Å²) < 4.78 is 10.6. The maximum absolute atomic E-state index is 10.4. The summed E-state index contributed by atoms with van der Waals surface area (Å²) in [5.74, 6) is 1.24. The molecule has 0 spiro atoms. The van der Waals surface area contributed by atoms with Gasteiger partial charge in [0.1, 0.15) is 11.4 Å². The fourth-order valence-electron chi connectivity index (χ4n) is 2.25. The highest BCUT2D eigenvalue weighted by atomic mass is 127. The summed E-state index contributed by atoms with van der Waals surface area (Å²) in [5.41, 5.74) is -1.11. The van der Waals surface area contributed by atoms with Gasteiger partial charge in [-0.05, 0) is 38.8 Å². The van der Waals surface area contributed by atoms with Gasteiger partial charge in [-0.1, -0.05) is 0 Å². The molecule has 0 saturated carbocycles. The topological polar surface area (TPSA) is 79.0 Å². The first-order valence-corrected chi connectivity index (χ1v) is 7.51. The third-order valence-electron chi connectivity index (χ3n) is 3.50. The summed E-state index contributed by atoms with van der Waals surface area (Å²) in [6.07, 6.45) is 3.50. The minimum atomic E-state index is -1.11. The molecule has 2 rings (SSSR count). The number of ether oxygens (including phenoxy) is 1. The molecule has 0 amide bonds. The number of rotatable bonds is 5. The van der Waals surface area contributed by atoms with Crippen LogP contribution in [-0.2, 0) is 10.3 Å². The van der Waals surface area contributed by atoms with Crippen molar-refractivity contribution in [1.29, 1.82) is 0 Å². The number of hydrogen-bond donors (Lipinski definition) is 3. The van der Waals surface area contributed by atoms with Gasteiger partial charge in [0.15, 0.2) is 5.96 Å². The fraction of sp³-hybridized carbons (Fsp3) is 0.667. The van der Waals surface area contributed by atoms with Gasteiger partial charge in [0.25, 0.3) is 0 Å². The molecule has 1 aliphatic heterocycles. The maximum atomic E-state index is 10.4. The minimum Gasteiger partial charge on any atom is -0.466 e. The highest BCUT2D eigenvalue weighted by Gasteiger charge is 2.26. The van der Waals surface area contributed by atoms with Crippen molar-refractivity contribution >= 4 is 29.9 Å². The number of halogens is 1. The molecule has 7 heteroatoms. The summed E-state index contributed by atoms with van der Waals surface area (Å²) in [5, 5.41) is 17.0. The zero-order chi connectivity index (χ0) is 15.1. The standard InChI is InChI=1S/C15H25N3O3.HI/c1-3-16-14(18-12-6-9-20-10-7-12)17-11-15(2,19)13-5-4-8-21-13;/h4-5,8,12,19H,3,6-7,9-11H2,1-2H3,(H2,16,17,18);1H. The van der Waals surface area contributed by atoms with E-state index >= 15 is 0 Å². The first kappa shape index (κ1) is 19.2. The van der Waals surface area contributed by atoms with Gasteiger partial charge in [0.05, 0.1) is 12.8 Å². The molecule has 1 atom stereocenters. The zero-order valence-corrected chi connectivity index (χ0v) is 15.5. The fourth-order valence-corrected chi connectivity index (χ4v) is 2.25. The molecule has 0 aliphatic carbocycles. The highest BCUT2D eigenvalue weighted by Crippen LogP contribution is 2.21. The lowest BCUT2D eigenvalue weighted by atomic mass is 10.0. The summed E-state index contributed by atoms with van der Waals surface area (Å²) in [6, 6.07) is 3.89. The monoisotopic (exact) mass is 423 g/mol. The van der Waals surface area contributed by atoms with Crippen LogP contribution in [0.15, 0.2) is 27.8 Å². The van der Waals surface area contributed by atoms with E-state index in [0.29, 0.717) is 11.8 Å². The van der Waals surface area contributed by atoms with Crippen LogP contribution in [0.1, 0.15) is 32.4 Å². The third-order valence-corrected chi connectivity index (χ3v) is 3.50. The quantitative estimate of drug-likeness (QED) is 0.383. The van der Waals surface area contributed by atoms with Gasteiger partial charge in [-0.15, -0.1) is 24.0 Å². The van der Waals surface area contributed by atoms with Gasteiger partial charge >= 0.3 is 0 Å². The molecule has 6 nitrogen and oxygen atoms in total. The zero-order valence-electron chi connectivity index (χ0n) is 13.2. The van der Waals surface area contributed by atoms with Crippen molar-refractivity contribution in [2.45, 2.75) is 38.3 Å². The Morgan fingerprint density at radius 3 is 2.77 bits per heavy atom. The van der Waals surface area contributed by atoms with Crippen LogP contribution in [0.2, 0.25) is 0 Å². The summed E-state index contributed by atoms with van der Waals surface area (Å²) in [7, 11) is 0. The van der Waals surface area contributed by atoms with E-state index in [1.165, 1.54) is 0 Å². The molecule has 1 aliphatic rings. The summed E-state index contributed by atoms with van der Waals surface area (Å²) >= 11 is 0. The Labute approximate surface area is 148 Å². The van der Waals surface area contributed by atoms with E-state index in [0.717, 1.165) is 38.6 Å². The maximum Gasteiger partial charge on any atom is 0.191 e. The second-order valence-corrected chi connectivity index (χ2v) is 5.48. The lowest BCUT2D eigenvalue weighted by molar-refractivity contribution is 0.0435. The van der Waals surface area contributed by atoms with E-state index in [1.807, 2.05) is 6.92 Å². The Hall–Kier alpha value is -0.800. The van der Waals surface area contributed by atoms with Crippen LogP contribution < -0.4 is 10.6 Å². The van der Waals surface area contributed by atoms with Gasteiger partial charge in [-0.25, -0.2) is 4.99 Å². The Balaban J connectivity index is 0.00000242. The van der Waals surface area contributed by atoms with E-state index in [2.05, 4.69) is 15.6 Å². The van der Waals surface area contributed by atoms with E-state index in [4.69, 9.17) is 9.15 Å². The molecule has 1 aromatic rings. The summed E-state index contributed by atoms with van der Waals surface area (Å²) in [4.78, 5) is 4.48. The molecular weight excluding hydrogens is 397 g/mol. The van der Waals surface area contributed by atoms with Crippen LogP contribution in [-0.4, -0.2) is 43.4 Å². The molecule has 1 aromatic heterocycles. The number of guanidine groups is 1. The lowest BCUT2D eigenvalue weighted by Gasteiger charge is -2.26. The van der Waals surface area contributed by atoms with Gasteiger partial charge in [-0.2, -0.15) is 0 Å². The largest absolute Gasteiger partial charge is 0.466 e. The minimum absolute atomic E-state index is 0. The molecule has 0 bridgehead atoms. The van der Waals surface area contributed by atoms with Crippen molar-refractivity contribution in [1.82, 2.24) is 10.6 Å². The van der Waals surface area contributed by atoms with Gasteiger partial charge in [-0.3, -0.25) is 0 Å². The molecule has 126 valence electrons. The molecular formula is C15H26IN3O3. The van der Waals surface area contributed by atoms with Crippen LogP contribution in [0.5, 0.6) is 0 Å². The van der Waals surface area contributed by atoms with Crippen molar-refractivity contribution in [3.8, 4) is 0 Å². The Kier molecular flexibility index (Phi) is 8.19. The van der Waals surface area contributed by atoms with Crippen molar-refractivity contribution < 1.29 is 14.3 Å². The van der Waals surface area contributed by atoms with Gasteiger partial charge in [0.2, 0.25) is 0 Å². The number of hydrogen-bond acceptors (Lipinski definition) is 4. The Morgan fingerprint density at radius 1 is 1.45 bits per heavy atom. The normalized spacial score (nSPS) is 19.1. The van der Waals surface area contributed by atoms with E-state index in [-0.39, 0.29) is 30.5 Å². The van der Waals surface area contributed by atoms with Crippen LogP contribution in [0.25, 0.3) is 0 Å². The van der Waals surface area contributed by atoms with Crippen LogP contribution in [0, 0.1) is 0 Å². The van der Waals surface area contributed by atoms with Crippen molar-refractivity contribution in [2.24, 2.45) is 4.99 Å². The van der Waals surface area contributed by atoms with Crippen LogP contribution >= 0.6 is 24.0 Å². The second-order valence-electron chi connectivity index (χ2n) is 5.48. The van der Waals surface area contributed by atoms with E-state index in [1.54, 1.807) is 25.3 Å². The Morgan fingerprint density at radius 2 is 2.18 bits per heavy atom. The average Bonchev–Trinajstić information content (AvgIpc) is 3.01. The molecule has 3 N–H and O–H groups in total. The van der Waals surface area contributed by atoms with Crippen LogP contribution in [0.4, 0.5) is 0 Å². The van der Waals surface area contributed by atoms with Gasteiger partial charge < -0.3 is 24.9 Å². The molecule has 1 saturated heterocycles. The predicted molar refractivity (Wildman–Crippen MR) is 96.6 cm³/mol. The second kappa shape index (κ2) is 9.36. The first-order chi connectivity index (χ1) is 10.1. The smallest absolute Gasteiger partial charge is 0.191 e. The molecule has 0 aromatic carbocycles. The van der Waals surface area contributed by atoms with E-state index < -0.39 is 5.60 Å². The summed E-state index contributed by atoms with van der Waals surface area (Å²) in [6.45, 7) is 6.29. The molecule has 2 heterocycles. The highest BCUT2D eigenvalue weighted by molar-refractivity contribution is 14.0. The number of aliphatic imine (C=N–C) groups is 1. The third kappa shape index (κ3) is 5.77. The SMILES string of the molecule is CCNC(=NCC(C)(O)c1ccco1)NC1CCOCC1.I. The molecule has 22 heavy (non-hydrogen) atoms. The number of aliphatic hydroxyl groups is 1. The molecule has 1 fully saturated rings. The molecule has 0 radical (unpaired) electrons. The number of furan rings is 1. The first-order valence-electron chi connectivity index (χ1n) is 7.51. The van der Waals surface area contributed by atoms with Crippen molar-refractivity contribution in [3.63, 3.8) is 0 Å². The number of nitrogens with zero attached hydrogens (tertiary/aromatic N) is 1. The number of nitrogens with one attached hydrogen (secondary N) is 2. The lowest BCUT2D eigenvalue weighted by Crippen LogP contribution is -2.46. The molecule has 1 unspecified atom stereocenters. The predicted octanol–water partition coefficient (Wildman–Crippen LogP) is 1.84. The average molecular weight is 423 g/mol. The van der Waals surface area contributed by atoms with Crippen LogP contribution in [0.3, 0.4) is 0 Å². The Bertz CT molecular complexity index is 443. The van der Waals surface area contributed by atoms with Gasteiger partial charge in [0, 0.05) is 25.8 Å². The van der Waals surface area contributed by atoms with Crippen molar-refractivity contribution in [3.05, 3.63) is 24.2 Å². The van der Waals surface area contributed by atoms with E-state index in [9.17, 15) is 5.11 Å².